The summed E-state index contributed by atoms with van der Waals surface area (Å²) in [7, 11) is 0. The van der Waals surface area contributed by atoms with E-state index in [2.05, 4.69) is 15.9 Å². The van der Waals surface area contributed by atoms with E-state index < -0.39 is 0 Å². The zero-order valence-corrected chi connectivity index (χ0v) is 5.57. The summed E-state index contributed by atoms with van der Waals surface area (Å²) in [5.41, 5.74) is 0. The summed E-state index contributed by atoms with van der Waals surface area (Å²) < 4.78 is 0.193. The summed E-state index contributed by atoms with van der Waals surface area (Å²) in [6.45, 7) is 0. The van der Waals surface area contributed by atoms with E-state index in [-0.39, 0.29) is 4.69 Å². The van der Waals surface area contributed by atoms with E-state index in [1.165, 1.54) is 6.42 Å². The predicted molar refractivity (Wildman–Crippen MR) is 31.3 cm³/mol. The van der Waals surface area contributed by atoms with Gasteiger partial charge in [0.05, 0.1) is 0 Å². The van der Waals surface area contributed by atoms with Crippen molar-refractivity contribution >= 4 is 20.6 Å². The Morgan fingerprint density at radius 2 is 2.14 bits per heavy atom. The van der Waals surface area contributed by atoms with E-state index >= 15 is 0 Å². The minimum Gasteiger partial charge on any atom is -0.286 e. The first kappa shape index (κ1) is 5.29. The van der Waals surface area contributed by atoms with E-state index in [1.807, 2.05) is 0 Å². The van der Waals surface area contributed by atoms with Crippen LogP contribution in [0.15, 0.2) is 0 Å². The fraction of sp³-hybridized carbons (Fsp3) is 0.800. The van der Waals surface area contributed by atoms with Gasteiger partial charge < -0.3 is 0 Å². The van der Waals surface area contributed by atoms with Crippen LogP contribution in [0.1, 0.15) is 19.3 Å². The van der Waals surface area contributed by atoms with E-state index in [0.717, 1.165) is 12.8 Å². The Morgan fingerprint density at radius 1 is 1.57 bits per heavy atom. The summed E-state index contributed by atoms with van der Waals surface area (Å²) in [6, 6.07) is 0. The average molecular weight is 163 g/mol. The maximum atomic E-state index is 10.3. The van der Waals surface area contributed by atoms with Gasteiger partial charge in [-0.2, -0.15) is 0 Å². The van der Waals surface area contributed by atoms with Crippen LogP contribution in [0.25, 0.3) is 0 Å². The van der Waals surface area contributed by atoms with Gasteiger partial charge in [0.15, 0.2) is 0 Å². The summed E-state index contributed by atoms with van der Waals surface area (Å²) in [5.74, 6) is 0.361. The summed E-state index contributed by atoms with van der Waals surface area (Å²) in [5, 5.41) is 0. The second kappa shape index (κ2) is 1.95. The van der Waals surface area contributed by atoms with Gasteiger partial charge in [-0.05, 0) is 28.8 Å². The van der Waals surface area contributed by atoms with Crippen molar-refractivity contribution in [3.8, 4) is 0 Å². The molecule has 0 N–H and O–H groups in total. The summed E-state index contributed by atoms with van der Waals surface area (Å²) >= 11 is 2.91. The maximum Gasteiger partial charge on any atom is 0.200 e. The molecule has 0 unspecified atom stereocenters. The molecule has 0 saturated heterocycles. The topological polar surface area (TPSA) is 17.1 Å². The van der Waals surface area contributed by atoms with Gasteiger partial charge in [0.25, 0.3) is 0 Å². The fourth-order valence-electron chi connectivity index (χ4n) is 0.635. The zero-order chi connectivity index (χ0) is 5.28. The molecule has 0 aliphatic heterocycles. The van der Waals surface area contributed by atoms with Crippen LogP contribution < -0.4 is 0 Å². The Bertz CT molecular complexity index is 86.1. The highest BCUT2D eigenvalue weighted by Gasteiger charge is 2.22. The molecule has 1 aliphatic rings. The minimum atomic E-state index is 0.193. The summed E-state index contributed by atoms with van der Waals surface area (Å²) in [4.78, 5) is 10.3. The second-order valence-electron chi connectivity index (χ2n) is 1.93. The van der Waals surface area contributed by atoms with Gasteiger partial charge in [-0.3, -0.25) is 4.79 Å². The number of halogens is 1. The van der Waals surface area contributed by atoms with Crippen LogP contribution >= 0.6 is 15.9 Å². The molecule has 0 radical (unpaired) electrons. The highest BCUT2D eigenvalue weighted by atomic mass is 79.9. The van der Waals surface area contributed by atoms with E-state index in [1.54, 1.807) is 0 Å². The van der Waals surface area contributed by atoms with Gasteiger partial charge in [0.2, 0.25) is 4.69 Å². The number of hydrogen-bond donors (Lipinski definition) is 0. The number of carbonyl (C=O) groups is 1. The average Bonchev–Trinajstić information content (AvgIpc) is 1.23. The lowest BCUT2D eigenvalue weighted by Gasteiger charge is -2.20. The first-order valence-electron chi connectivity index (χ1n) is 2.50. The highest BCUT2D eigenvalue weighted by Crippen LogP contribution is 2.28. The van der Waals surface area contributed by atoms with Crippen molar-refractivity contribution in [1.29, 1.82) is 0 Å². The van der Waals surface area contributed by atoms with E-state index in [9.17, 15) is 4.79 Å². The lowest BCUT2D eigenvalue weighted by molar-refractivity contribution is -0.115. The quantitative estimate of drug-likeness (QED) is 0.537. The molecular weight excluding hydrogens is 156 g/mol. The van der Waals surface area contributed by atoms with Gasteiger partial charge in [-0.25, -0.2) is 0 Å². The molecule has 0 aromatic rings. The SMILES string of the molecule is O=C(Br)C1CCC1. The van der Waals surface area contributed by atoms with Crippen molar-refractivity contribution in [2.24, 2.45) is 5.92 Å². The molecule has 40 valence electrons. The molecule has 1 nitrogen and oxygen atoms in total. The molecule has 0 aromatic heterocycles. The normalized spacial score (nSPS) is 21.3. The third-order valence-corrected chi connectivity index (χ3v) is 2.07. The molecule has 1 rings (SSSR count). The van der Waals surface area contributed by atoms with Crippen LogP contribution in [-0.2, 0) is 4.79 Å². The molecule has 7 heavy (non-hydrogen) atoms. The van der Waals surface area contributed by atoms with Crippen LogP contribution in [0.5, 0.6) is 0 Å². The molecular formula is C5H7BrO. The molecule has 1 aliphatic carbocycles. The fourth-order valence-corrected chi connectivity index (χ4v) is 1.09. The Morgan fingerprint density at radius 3 is 2.14 bits per heavy atom. The van der Waals surface area contributed by atoms with Gasteiger partial charge in [0, 0.05) is 5.92 Å². The smallest absolute Gasteiger partial charge is 0.200 e. The van der Waals surface area contributed by atoms with Crippen LogP contribution in [0.3, 0.4) is 0 Å². The van der Waals surface area contributed by atoms with E-state index in [4.69, 9.17) is 0 Å². The Balaban J connectivity index is 2.27. The molecule has 2 heteroatoms. The lowest BCUT2D eigenvalue weighted by Crippen LogP contribution is -2.16. The Hall–Kier alpha value is 0.150. The Kier molecular flexibility index (Phi) is 1.47. The molecule has 1 fully saturated rings. The molecule has 1 saturated carbocycles. The van der Waals surface area contributed by atoms with Crippen LogP contribution in [0.2, 0.25) is 0 Å². The predicted octanol–water partition coefficient (Wildman–Crippen LogP) is 1.71. The largest absolute Gasteiger partial charge is 0.286 e. The van der Waals surface area contributed by atoms with Gasteiger partial charge in [0.1, 0.15) is 0 Å². The first-order chi connectivity index (χ1) is 3.30. The van der Waals surface area contributed by atoms with Gasteiger partial charge in [-0.1, -0.05) is 6.42 Å². The van der Waals surface area contributed by atoms with Crippen molar-refractivity contribution in [2.45, 2.75) is 19.3 Å². The van der Waals surface area contributed by atoms with Crippen molar-refractivity contribution in [3.05, 3.63) is 0 Å². The molecule has 0 bridgehead atoms. The third kappa shape index (κ3) is 1.03. The molecule has 0 aromatic carbocycles. The minimum absolute atomic E-state index is 0.193. The Labute approximate surface area is 51.2 Å². The van der Waals surface area contributed by atoms with Crippen molar-refractivity contribution in [2.75, 3.05) is 0 Å². The third-order valence-electron chi connectivity index (χ3n) is 1.43. The maximum absolute atomic E-state index is 10.3. The number of carbonyl (C=O) groups excluding carboxylic acids is 1. The first-order valence-corrected chi connectivity index (χ1v) is 3.29. The van der Waals surface area contributed by atoms with Crippen LogP contribution in [-0.4, -0.2) is 4.69 Å². The number of rotatable bonds is 1. The molecule has 0 spiro atoms. The molecule has 0 atom stereocenters. The number of hydrogen-bond acceptors (Lipinski definition) is 1. The van der Waals surface area contributed by atoms with Gasteiger partial charge in [-0.15, -0.1) is 0 Å². The van der Waals surface area contributed by atoms with Crippen LogP contribution in [0, 0.1) is 5.92 Å². The van der Waals surface area contributed by atoms with E-state index in [0.29, 0.717) is 5.92 Å². The van der Waals surface area contributed by atoms with Crippen molar-refractivity contribution in [1.82, 2.24) is 0 Å². The van der Waals surface area contributed by atoms with Gasteiger partial charge >= 0.3 is 0 Å². The van der Waals surface area contributed by atoms with Crippen LogP contribution in [0.4, 0.5) is 0 Å². The van der Waals surface area contributed by atoms with Crippen molar-refractivity contribution < 1.29 is 4.79 Å². The standard InChI is InChI=1S/C5H7BrO/c6-5(7)4-2-1-3-4/h4H,1-3H2. The lowest BCUT2D eigenvalue weighted by atomic mass is 9.87. The summed E-state index contributed by atoms with van der Waals surface area (Å²) in [6.07, 6.45) is 3.44. The highest BCUT2D eigenvalue weighted by molar-refractivity contribution is 9.18. The zero-order valence-electron chi connectivity index (χ0n) is 3.98. The second-order valence-corrected chi connectivity index (χ2v) is 2.71. The molecule has 0 amide bonds. The van der Waals surface area contributed by atoms with Crippen molar-refractivity contribution in [3.63, 3.8) is 0 Å². The molecule has 0 heterocycles. The monoisotopic (exact) mass is 162 g/mol.